The molecule has 5 nitrogen and oxygen atoms in total. The van der Waals surface area contributed by atoms with E-state index < -0.39 is 0 Å². The average molecular weight is 327 g/mol. The van der Waals surface area contributed by atoms with Crippen LogP contribution in [-0.4, -0.2) is 27.2 Å². The van der Waals surface area contributed by atoms with Gasteiger partial charge in [0, 0.05) is 36.5 Å². The Morgan fingerprint density at radius 2 is 2.14 bits per heavy atom. The van der Waals surface area contributed by atoms with Crippen molar-refractivity contribution in [1.29, 1.82) is 0 Å². The van der Waals surface area contributed by atoms with E-state index in [4.69, 9.17) is 23.2 Å². The Morgan fingerprint density at radius 1 is 1.33 bits per heavy atom. The zero-order valence-corrected chi connectivity index (χ0v) is 13.2. The molecule has 0 bridgehead atoms. The Hall–Kier alpha value is -1.59. The molecule has 1 heterocycles. The number of nitrogens with one attached hydrogen (secondary N) is 1. The summed E-state index contributed by atoms with van der Waals surface area (Å²) in [5.41, 5.74) is 0.967. The van der Waals surface area contributed by atoms with Crippen molar-refractivity contribution in [3.05, 3.63) is 46.0 Å². The Labute approximate surface area is 133 Å². The van der Waals surface area contributed by atoms with Gasteiger partial charge in [-0.15, -0.1) is 10.2 Å². The van der Waals surface area contributed by atoms with Gasteiger partial charge in [0.15, 0.2) is 0 Å². The summed E-state index contributed by atoms with van der Waals surface area (Å²) < 4.78 is 1.81. The zero-order valence-electron chi connectivity index (χ0n) is 11.6. The van der Waals surface area contributed by atoms with E-state index in [1.165, 1.54) is 0 Å². The molecule has 1 amide bonds. The third-order valence-electron chi connectivity index (χ3n) is 3.11. The number of benzene rings is 1. The minimum Gasteiger partial charge on any atom is -0.356 e. The Bertz CT molecular complexity index is 627. The van der Waals surface area contributed by atoms with E-state index in [0.29, 0.717) is 35.9 Å². The molecule has 0 saturated heterocycles. The van der Waals surface area contributed by atoms with Gasteiger partial charge in [-0.05, 0) is 24.1 Å². The van der Waals surface area contributed by atoms with Gasteiger partial charge in [-0.1, -0.05) is 29.3 Å². The molecule has 21 heavy (non-hydrogen) atoms. The van der Waals surface area contributed by atoms with Crippen LogP contribution >= 0.6 is 23.2 Å². The molecule has 0 radical (unpaired) electrons. The van der Waals surface area contributed by atoms with Crippen molar-refractivity contribution in [2.75, 3.05) is 6.54 Å². The van der Waals surface area contributed by atoms with Crippen LogP contribution in [0.15, 0.2) is 24.5 Å². The maximum atomic E-state index is 11.8. The lowest BCUT2D eigenvalue weighted by Crippen LogP contribution is -2.26. The summed E-state index contributed by atoms with van der Waals surface area (Å²) in [6, 6.07) is 5.36. The Kier molecular flexibility index (Phi) is 5.59. The predicted octanol–water partition coefficient (Wildman–Crippen LogP) is 2.41. The van der Waals surface area contributed by atoms with E-state index in [2.05, 4.69) is 15.5 Å². The molecule has 1 N–H and O–H groups in total. The van der Waals surface area contributed by atoms with Crippen molar-refractivity contribution < 1.29 is 4.79 Å². The number of halogens is 2. The fourth-order valence-corrected chi connectivity index (χ4v) is 2.41. The van der Waals surface area contributed by atoms with Gasteiger partial charge in [-0.2, -0.15) is 0 Å². The van der Waals surface area contributed by atoms with Gasteiger partial charge in [0.25, 0.3) is 0 Å². The van der Waals surface area contributed by atoms with Crippen LogP contribution in [0.1, 0.15) is 17.8 Å². The number of hydrogen-bond donors (Lipinski definition) is 1. The van der Waals surface area contributed by atoms with Gasteiger partial charge in [0.1, 0.15) is 12.2 Å². The van der Waals surface area contributed by atoms with E-state index in [0.717, 1.165) is 11.4 Å². The summed E-state index contributed by atoms with van der Waals surface area (Å²) in [7, 11) is 1.86. The first-order valence-electron chi connectivity index (χ1n) is 6.60. The standard InChI is InChI=1S/C14H16Cl2N4O/c1-20-9-18-19-13(20)4-5-14(21)17-7-6-10-2-3-11(15)8-12(10)16/h2-3,8-9H,4-7H2,1H3,(H,17,21). The first-order chi connectivity index (χ1) is 10.1. The van der Waals surface area contributed by atoms with E-state index in [1.807, 2.05) is 13.1 Å². The smallest absolute Gasteiger partial charge is 0.220 e. The SMILES string of the molecule is Cn1cnnc1CCC(=O)NCCc1ccc(Cl)cc1Cl. The van der Waals surface area contributed by atoms with E-state index >= 15 is 0 Å². The maximum absolute atomic E-state index is 11.8. The normalized spacial score (nSPS) is 10.6. The van der Waals surface area contributed by atoms with Gasteiger partial charge < -0.3 is 9.88 Å². The number of aryl methyl sites for hydroxylation is 2. The highest BCUT2D eigenvalue weighted by Crippen LogP contribution is 2.21. The lowest BCUT2D eigenvalue weighted by molar-refractivity contribution is -0.121. The number of hydrogen-bond acceptors (Lipinski definition) is 3. The number of aromatic nitrogens is 3. The van der Waals surface area contributed by atoms with Crippen LogP contribution in [-0.2, 0) is 24.7 Å². The summed E-state index contributed by atoms with van der Waals surface area (Å²) in [5, 5.41) is 11.8. The summed E-state index contributed by atoms with van der Waals surface area (Å²) in [6.45, 7) is 0.541. The molecule has 0 aliphatic heterocycles. The monoisotopic (exact) mass is 326 g/mol. The summed E-state index contributed by atoms with van der Waals surface area (Å²) >= 11 is 11.9. The highest BCUT2D eigenvalue weighted by Gasteiger charge is 2.06. The second-order valence-electron chi connectivity index (χ2n) is 4.69. The average Bonchev–Trinajstić information content (AvgIpc) is 2.84. The Morgan fingerprint density at radius 3 is 2.81 bits per heavy atom. The molecule has 112 valence electrons. The van der Waals surface area contributed by atoms with Crippen molar-refractivity contribution in [3.8, 4) is 0 Å². The van der Waals surface area contributed by atoms with Crippen LogP contribution in [0.3, 0.4) is 0 Å². The molecule has 7 heteroatoms. The van der Waals surface area contributed by atoms with Crippen molar-refractivity contribution in [1.82, 2.24) is 20.1 Å². The van der Waals surface area contributed by atoms with Crippen LogP contribution in [0.4, 0.5) is 0 Å². The highest BCUT2D eigenvalue weighted by atomic mass is 35.5. The van der Waals surface area contributed by atoms with Crippen molar-refractivity contribution >= 4 is 29.1 Å². The lowest BCUT2D eigenvalue weighted by atomic mass is 10.1. The third kappa shape index (κ3) is 4.72. The predicted molar refractivity (Wildman–Crippen MR) is 82.5 cm³/mol. The third-order valence-corrected chi connectivity index (χ3v) is 3.70. The maximum Gasteiger partial charge on any atom is 0.220 e. The molecule has 0 fully saturated rings. The number of carbonyl (C=O) groups is 1. The van der Waals surface area contributed by atoms with Gasteiger partial charge >= 0.3 is 0 Å². The van der Waals surface area contributed by atoms with Crippen LogP contribution in [0.5, 0.6) is 0 Å². The molecule has 0 saturated carbocycles. The van der Waals surface area contributed by atoms with Crippen molar-refractivity contribution in [3.63, 3.8) is 0 Å². The van der Waals surface area contributed by atoms with Gasteiger partial charge in [0.2, 0.25) is 5.91 Å². The lowest BCUT2D eigenvalue weighted by Gasteiger charge is -2.07. The largest absolute Gasteiger partial charge is 0.356 e. The second kappa shape index (κ2) is 7.43. The molecule has 0 aliphatic rings. The molecule has 1 aromatic carbocycles. The first-order valence-corrected chi connectivity index (χ1v) is 7.35. The molecule has 0 unspecified atom stereocenters. The molecule has 0 spiro atoms. The Balaban J connectivity index is 1.73. The second-order valence-corrected chi connectivity index (χ2v) is 5.54. The van der Waals surface area contributed by atoms with Crippen LogP contribution in [0.25, 0.3) is 0 Å². The molecular weight excluding hydrogens is 311 g/mol. The molecule has 0 atom stereocenters. The number of rotatable bonds is 6. The minimum absolute atomic E-state index is 0.0110. The van der Waals surface area contributed by atoms with Gasteiger partial charge in [-0.3, -0.25) is 4.79 Å². The fourth-order valence-electron chi connectivity index (χ4n) is 1.91. The molecule has 2 aromatic rings. The van der Waals surface area contributed by atoms with Gasteiger partial charge in [-0.25, -0.2) is 0 Å². The zero-order chi connectivity index (χ0) is 15.2. The van der Waals surface area contributed by atoms with E-state index in [-0.39, 0.29) is 5.91 Å². The van der Waals surface area contributed by atoms with Gasteiger partial charge in [0.05, 0.1) is 0 Å². The number of carbonyl (C=O) groups excluding carboxylic acids is 1. The quantitative estimate of drug-likeness (QED) is 0.886. The van der Waals surface area contributed by atoms with E-state index in [1.54, 1.807) is 23.0 Å². The first kappa shape index (κ1) is 15.8. The van der Waals surface area contributed by atoms with Crippen LogP contribution in [0, 0.1) is 0 Å². The topological polar surface area (TPSA) is 59.8 Å². The molecule has 1 aromatic heterocycles. The van der Waals surface area contributed by atoms with Crippen molar-refractivity contribution in [2.45, 2.75) is 19.3 Å². The molecule has 2 rings (SSSR count). The van der Waals surface area contributed by atoms with Crippen LogP contribution in [0.2, 0.25) is 10.0 Å². The van der Waals surface area contributed by atoms with Crippen molar-refractivity contribution in [2.24, 2.45) is 7.05 Å². The molecular formula is C14H16Cl2N4O. The van der Waals surface area contributed by atoms with E-state index in [9.17, 15) is 4.79 Å². The highest BCUT2D eigenvalue weighted by molar-refractivity contribution is 6.35. The number of amides is 1. The summed E-state index contributed by atoms with van der Waals surface area (Å²) in [5.74, 6) is 0.786. The summed E-state index contributed by atoms with van der Waals surface area (Å²) in [6.07, 6.45) is 3.26. The minimum atomic E-state index is -0.0110. The number of nitrogens with zero attached hydrogens (tertiary/aromatic N) is 3. The molecule has 0 aliphatic carbocycles. The summed E-state index contributed by atoms with van der Waals surface area (Å²) in [4.78, 5) is 11.8. The fraction of sp³-hybridized carbons (Fsp3) is 0.357. The van der Waals surface area contributed by atoms with Crippen LogP contribution < -0.4 is 5.32 Å².